The third-order valence-electron chi connectivity index (χ3n) is 4.26. The van der Waals surface area contributed by atoms with E-state index in [-0.39, 0.29) is 17.9 Å². The van der Waals surface area contributed by atoms with Crippen molar-refractivity contribution in [1.29, 1.82) is 0 Å². The van der Waals surface area contributed by atoms with E-state index >= 15 is 0 Å². The minimum atomic E-state index is -0.336. The highest BCUT2D eigenvalue weighted by Gasteiger charge is 2.32. The molecule has 2 N–H and O–H groups in total. The Hall–Kier alpha value is -3.14. The zero-order valence-electron chi connectivity index (χ0n) is 14.3. The predicted octanol–water partition coefficient (Wildman–Crippen LogP) is 3.96. The van der Waals surface area contributed by atoms with Crippen LogP contribution in [0.5, 0.6) is 0 Å². The molecule has 0 saturated heterocycles. The largest absolute Gasteiger partial charge is 0.341 e. The normalized spacial score (nSPS) is 14.2. The van der Waals surface area contributed by atoms with E-state index in [9.17, 15) is 9.59 Å². The molecule has 2 aromatic carbocycles. The van der Waals surface area contributed by atoms with Crippen molar-refractivity contribution in [3.63, 3.8) is 0 Å². The van der Waals surface area contributed by atoms with Gasteiger partial charge in [0.25, 0.3) is 5.91 Å². The summed E-state index contributed by atoms with van der Waals surface area (Å²) in [5, 5.41) is 5.92. The summed E-state index contributed by atoms with van der Waals surface area (Å²) < 4.78 is 0. The number of benzene rings is 2. The molecule has 2 amide bonds. The van der Waals surface area contributed by atoms with Gasteiger partial charge in [0.1, 0.15) is 0 Å². The third-order valence-corrected chi connectivity index (χ3v) is 4.26. The molecule has 0 saturated carbocycles. The Morgan fingerprint density at radius 2 is 1.52 bits per heavy atom. The summed E-state index contributed by atoms with van der Waals surface area (Å²) in [7, 11) is 0. The van der Waals surface area contributed by atoms with E-state index in [4.69, 9.17) is 0 Å². The van der Waals surface area contributed by atoms with Crippen LogP contribution >= 0.6 is 0 Å². The fourth-order valence-electron chi connectivity index (χ4n) is 3.00. The molecule has 0 spiro atoms. The maximum atomic E-state index is 12.2. The van der Waals surface area contributed by atoms with E-state index < -0.39 is 0 Å². The molecule has 0 radical (unpaired) electrons. The fourth-order valence-corrected chi connectivity index (χ4v) is 3.00. The van der Waals surface area contributed by atoms with Gasteiger partial charge in [0.2, 0.25) is 5.91 Å². The van der Waals surface area contributed by atoms with Gasteiger partial charge in [0, 0.05) is 22.4 Å². The monoisotopic (exact) mass is 332 g/mol. The highest BCUT2D eigenvalue weighted by molar-refractivity contribution is 6.04. The molecule has 0 aromatic heterocycles. The second kappa shape index (κ2) is 6.40. The highest BCUT2D eigenvalue weighted by atomic mass is 16.2. The maximum absolute atomic E-state index is 12.2. The van der Waals surface area contributed by atoms with Crippen LogP contribution in [-0.4, -0.2) is 11.8 Å². The molecule has 2 aromatic rings. The van der Waals surface area contributed by atoms with Crippen molar-refractivity contribution in [2.45, 2.75) is 19.9 Å². The number of hydrogen-bond acceptors (Lipinski definition) is 2. The van der Waals surface area contributed by atoms with Gasteiger partial charge in [-0.3, -0.25) is 9.59 Å². The minimum Gasteiger partial charge on any atom is -0.341 e. The quantitative estimate of drug-likeness (QED) is 0.833. The molecule has 3 rings (SSSR count). The molecule has 1 atom stereocenters. The van der Waals surface area contributed by atoms with Crippen LogP contribution in [0.4, 0.5) is 5.69 Å². The number of carbonyl (C=O) groups excluding carboxylic acids is 2. The van der Waals surface area contributed by atoms with Crippen LogP contribution in [0.25, 0.3) is 11.1 Å². The second-order valence-corrected chi connectivity index (χ2v) is 6.28. The summed E-state index contributed by atoms with van der Waals surface area (Å²) >= 11 is 0. The van der Waals surface area contributed by atoms with Crippen molar-refractivity contribution in [3.8, 4) is 11.1 Å². The van der Waals surface area contributed by atoms with Crippen molar-refractivity contribution in [2.75, 3.05) is 5.32 Å². The molecule has 4 heteroatoms. The Bertz CT molecular complexity index is 912. The van der Waals surface area contributed by atoms with Crippen LogP contribution in [0.2, 0.25) is 0 Å². The molecular formula is C21H20N2O2. The van der Waals surface area contributed by atoms with Gasteiger partial charge in [0.05, 0.1) is 6.04 Å². The first-order valence-electron chi connectivity index (χ1n) is 8.05. The summed E-state index contributed by atoms with van der Waals surface area (Å²) in [6, 6.07) is 13.3. The topological polar surface area (TPSA) is 58.2 Å². The molecule has 25 heavy (non-hydrogen) atoms. The smallest absolute Gasteiger partial charge is 0.250 e. The first-order valence-corrected chi connectivity index (χ1v) is 8.05. The SMILES string of the molecule is C=C(C)C(=O)Nc1cccc2c1C(NC(=O)C(=C)C)c1ccccc1-2. The van der Waals surface area contributed by atoms with Crippen molar-refractivity contribution >= 4 is 17.5 Å². The van der Waals surface area contributed by atoms with E-state index in [0.717, 1.165) is 22.3 Å². The lowest BCUT2D eigenvalue weighted by molar-refractivity contribution is -0.117. The Labute approximate surface area is 147 Å². The molecule has 126 valence electrons. The zero-order chi connectivity index (χ0) is 18.1. The van der Waals surface area contributed by atoms with E-state index in [0.29, 0.717) is 16.8 Å². The molecule has 1 aliphatic rings. The van der Waals surface area contributed by atoms with E-state index in [2.05, 4.69) is 23.8 Å². The molecule has 4 nitrogen and oxygen atoms in total. The number of carbonyl (C=O) groups is 2. The van der Waals surface area contributed by atoms with Crippen molar-refractivity contribution in [1.82, 2.24) is 5.32 Å². The summed E-state index contributed by atoms with van der Waals surface area (Å²) in [4.78, 5) is 24.4. The Morgan fingerprint density at radius 1 is 0.880 bits per heavy atom. The lowest BCUT2D eigenvalue weighted by Crippen LogP contribution is -2.29. The lowest BCUT2D eigenvalue weighted by atomic mass is 10.0. The Kier molecular flexibility index (Phi) is 4.28. The van der Waals surface area contributed by atoms with Gasteiger partial charge in [-0.1, -0.05) is 49.6 Å². The minimum absolute atomic E-state index is 0.214. The maximum Gasteiger partial charge on any atom is 0.250 e. The first kappa shape index (κ1) is 16.7. The van der Waals surface area contributed by atoms with E-state index in [1.54, 1.807) is 13.8 Å². The van der Waals surface area contributed by atoms with Gasteiger partial charge in [-0.25, -0.2) is 0 Å². The van der Waals surface area contributed by atoms with Crippen molar-refractivity contribution in [2.24, 2.45) is 0 Å². The number of anilines is 1. The lowest BCUT2D eigenvalue weighted by Gasteiger charge is -2.19. The van der Waals surface area contributed by atoms with Crippen LogP contribution in [0.1, 0.15) is 31.0 Å². The standard InChI is InChI=1S/C21H20N2O2/c1-12(2)20(24)22-17-11-7-10-15-14-8-5-6-9-16(14)19(18(15)17)23-21(25)13(3)4/h5-11,19H,1,3H2,2,4H3,(H,22,24)(H,23,25). The van der Waals surface area contributed by atoms with Crippen molar-refractivity contribution in [3.05, 3.63) is 77.9 Å². The van der Waals surface area contributed by atoms with Gasteiger partial charge in [-0.05, 0) is 36.6 Å². The van der Waals surface area contributed by atoms with Crippen LogP contribution in [0, 0.1) is 0 Å². The second-order valence-electron chi connectivity index (χ2n) is 6.28. The summed E-state index contributed by atoms with van der Waals surface area (Å²) in [5.74, 6) is -0.456. The van der Waals surface area contributed by atoms with Crippen molar-refractivity contribution < 1.29 is 9.59 Å². The predicted molar refractivity (Wildman–Crippen MR) is 100 cm³/mol. The number of nitrogens with one attached hydrogen (secondary N) is 2. The number of hydrogen-bond donors (Lipinski definition) is 2. The Morgan fingerprint density at radius 3 is 2.20 bits per heavy atom. The Balaban J connectivity index is 2.12. The van der Waals surface area contributed by atoms with Gasteiger partial charge in [-0.2, -0.15) is 0 Å². The highest BCUT2D eigenvalue weighted by Crippen LogP contribution is 2.46. The molecule has 0 fully saturated rings. The zero-order valence-corrected chi connectivity index (χ0v) is 14.3. The molecule has 1 unspecified atom stereocenters. The van der Waals surface area contributed by atoms with E-state index in [1.165, 1.54) is 0 Å². The van der Waals surface area contributed by atoms with Gasteiger partial charge >= 0.3 is 0 Å². The molecule has 0 aliphatic heterocycles. The molecule has 0 bridgehead atoms. The number of rotatable bonds is 4. The molecular weight excluding hydrogens is 312 g/mol. The average Bonchev–Trinajstić information content (AvgIpc) is 2.90. The van der Waals surface area contributed by atoms with Crippen LogP contribution in [0.15, 0.2) is 66.8 Å². The third kappa shape index (κ3) is 2.98. The fraction of sp³-hybridized carbons (Fsp3) is 0.143. The summed E-state index contributed by atoms with van der Waals surface area (Å²) in [6.45, 7) is 10.7. The average molecular weight is 332 g/mol. The first-order chi connectivity index (χ1) is 11.9. The van der Waals surface area contributed by atoms with E-state index in [1.807, 2.05) is 42.5 Å². The molecule has 1 aliphatic carbocycles. The van der Waals surface area contributed by atoms with Crippen LogP contribution in [-0.2, 0) is 9.59 Å². The number of fused-ring (bicyclic) bond motifs is 3. The summed E-state index contributed by atoms with van der Waals surface area (Å²) in [6.07, 6.45) is 0. The molecule has 0 heterocycles. The van der Waals surface area contributed by atoms with Gasteiger partial charge in [0.15, 0.2) is 0 Å². The van der Waals surface area contributed by atoms with Crippen LogP contribution in [0.3, 0.4) is 0 Å². The summed E-state index contributed by atoms with van der Waals surface area (Å²) in [5.41, 5.74) is 5.48. The van der Waals surface area contributed by atoms with Gasteiger partial charge < -0.3 is 10.6 Å². The number of amides is 2. The van der Waals surface area contributed by atoms with Gasteiger partial charge in [-0.15, -0.1) is 0 Å². The van der Waals surface area contributed by atoms with Crippen LogP contribution < -0.4 is 10.6 Å².